The number of hydrogen-bond acceptors (Lipinski definition) is 5. The third-order valence-electron chi connectivity index (χ3n) is 2.17. The molecule has 0 unspecified atom stereocenters. The molecule has 1 amide bonds. The number of nitrogens with two attached hydrogens (primary N) is 1. The number of nitrogens with one attached hydrogen (secondary N) is 1. The molecule has 0 fully saturated rings. The summed E-state index contributed by atoms with van der Waals surface area (Å²) in [5.41, 5.74) is 5.74. The monoisotopic (exact) mass is 288 g/mol. The molecule has 0 bridgehead atoms. The summed E-state index contributed by atoms with van der Waals surface area (Å²) in [6.07, 6.45) is 1.00. The van der Waals surface area contributed by atoms with E-state index in [0.717, 1.165) is 18.1 Å². The van der Waals surface area contributed by atoms with Crippen LogP contribution in [-0.4, -0.2) is 31.0 Å². The van der Waals surface area contributed by atoms with Gasteiger partial charge in [-0.05, 0) is 6.42 Å². The molecule has 1 aromatic rings. The first kappa shape index (κ1) is 14.8. The molecule has 0 aliphatic carbocycles. The first-order valence-electron chi connectivity index (χ1n) is 5.54. The van der Waals surface area contributed by atoms with E-state index >= 15 is 0 Å². The van der Waals surface area contributed by atoms with Gasteiger partial charge in [-0.25, -0.2) is 4.98 Å². The van der Waals surface area contributed by atoms with Gasteiger partial charge in [0.25, 0.3) is 5.91 Å². The number of hydrogen-bond donors (Lipinski definition) is 2. The van der Waals surface area contributed by atoms with Crippen LogP contribution in [-0.2, 0) is 0 Å². The van der Waals surface area contributed by atoms with Gasteiger partial charge in [0.15, 0.2) is 5.13 Å². The summed E-state index contributed by atoms with van der Waals surface area (Å²) in [5.74, 6) is -0.0291. The molecule has 0 saturated heterocycles. The molecule has 0 saturated carbocycles. The Kier molecular flexibility index (Phi) is 5.43. The Hall–Kier alpha value is -1.27. The first-order chi connectivity index (χ1) is 8.45. The molecule has 0 spiro atoms. The summed E-state index contributed by atoms with van der Waals surface area (Å²) in [5, 5.41) is 3.74. The van der Waals surface area contributed by atoms with Crippen molar-refractivity contribution in [3.8, 4) is 0 Å². The maximum absolute atomic E-state index is 11.8. The van der Waals surface area contributed by atoms with Gasteiger partial charge >= 0.3 is 0 Å². The summed E-state index contributed by atoms with van der Waals surface area (Å²) < 4.78 is 0. The Labute approximate surface area is 116 Å². The fraction of sp³-hybridized carbons (Fsp3) is 0.455. The van der Waals surface area contributed by atoms with Gasteiger partial charge in [0.1, 0.15) is 10.7 Å². The molecule has 1 rings (SSSR count). The van der Waals surface area contributed by atoms with Gasteiger partial charge in [-0.2, -0.15) is 0 Å². The largest absolute Gasteiger partial charge is 0.382 e. The van der Waals surface area contributed by atoms with Crippen LogP contribution >= 0.6 is 22.9 Å². The summed E-state index contributed by atoms with van der Waals surface area (Å²) in [6.45, 7) is 6.66. The standard InChI is InChI=1S/C11H17ClN4OS/c1-4-5-16(3)11-15-9(13)8(18-11)10(17)14-6-7(2)12/h2,4-6,13H2,1,3H3,(H,14,17). The Bertz CT molecular complexity index is 446. The predicted molar refractivity (Wildman–Crippen MR) is 77.4 cm³/mol. The summed E-state index contributed by atoms with van der Waals surface area (Å²) in [7, 11) is 1.92. The molecule has 18 heavy (non-hydrogen) atoms. The van der Waals surface area contributed by atoms with E-state index in [9.17, 15) is 4.79 Å². The normalized spacial score (nSPS) is 10.2. The Morgan fingerprint density at radius 3 is 2.89 bits per heavy atom. The van der Waals surface area contributed by atoms with Crippen molar-refractivity contribution in [2.45, 2.75) is 13.3 Å². The summed E-state index contributed by atoms with van der Waals surface area (Å²) in [4.78, 5) is 18.4. The van der Waals surface area contributed by atoms with Gasteiger partial charge in [-0.15, -0.1) is 0 Å². The minimum atomic E-state index is -0.275. The van der Waals surface area contributed by atoms with Gasteiger partial charge in [0, 0.05) is 18.6 Å². The molecule has 1 aromatic heterocycles. The zero-order valence-electron chi connectivity index (χ0n) is 10.5. The number of nitrogen functional groups attached to an aromatic ring is 1. The number of aromatic nitrogens is 1. The maximum atomic E-state index is 11.8. The van der Waals surface area contributed by atoms with E-state index in [1.807, 2.05) is 11.9 Å². The highest BCUT2D eigenvalue weighted by atomic mass is 35.5. The maximum Gasteiger partial charge on any atom is 0.265 e. The lowest BCUT2D eigenvalue weighted by Gasteiger charge is -2.13. The van der Waals surface area contributed by atoms with Crippen molar-refractivity contribution >= 4 is 39.8 Å². The van der Waals surface area contributed by atoms with Gasteiger partial charge in [0.2, 0.25) is 0 Å². The second-order valence-electron chi connectivity index (χ2n) is 3.83. The van der Waals surface area contributed by atoms with Gasteiger partial charge in [0.05, 0.1) is 6.54 Å². The van der Waals surface area contributed by atoms with E-state index in [2.05, 4.69) is 23.8 Å². The molecule has 100 valence electrons. The number of thiazole rings is 1. The highest BCUT2D eigenvalue weighted by Crippen LogP contribution is 2.27. The van der Waals surface area contributed by atoms with Crippen molar-refractivity contribution in [1.29, 1.82) is 0 Å². The number of halogens is 1. The molecule has 0 aliphatic rings. The second kappa shape index (κ2) is 6.61. The minimum absolute atomic E-state index is 0.220. The number of carbonyl (C=O) groups excluding carboxylic acids is 1. The van der Waals surface area contributed by atoms with Crippen molar-refractivity contribution in [3.63, 3.8) is 0 Å². The Morgan fingerprint density at radius 1 is 1.67 bits per heavy atom. The van der Waals surface area contributed by atoms with Crippen molar-refractivity contribution < 1.29 is 4.79 Å². The average molecular weight is 289 g/mol. The molecular formula is C11H17ClN4OS. The van der Waals surface area contributed by atoms with Crippen LogP contribution in [0.2, 0.25) is 0 Å². The molecule has 1 heterocycles. The molecular weight excluding hydrogens is 272 g/mol. The third-order valence-corrected chi connectivity index (χ3v) is 3.49. The van der Waals surface area contributed by atoms with Crippen LogP contribution in [0.15, 0.2) is 11.6 Å². The van der Waals surface area contributed by atoms with Crippen molar-refractivity contribution in [3.05, 3.63) is 16.5 Å². The quantitative estimate of drug-likeness (QED) is 0.840. The van der Waals surface area contributed by atoms with Crippen LogP contribution in [0.3, 0.4) is 0 Å². The van der Waals surface area contributed by atoms with E-state index < -0.39 is 0 Å². The lowest BCUT2D eigenvalue weighted by molar-refractivity contribution is 0.0962. The van der Waals surface area contributed by atoms with Crippen molar-refractivity contribution in [2.75, 3.05) is 30.8 Å². The average Bonchev–Trinajstić information content (AvgIpc) is 2.68. The lowest BCUT2D eigenvalue weighted by atomic mass is 10.4. The third kappa shape index (κ3) is 3.89. The molecule has 0 radical (unpaired) electrons. The Balaban J connectivity index is 2.77. The van der Waals surface area contributed by atoms with E-state index in [1.165, 1.54) is 11.3 Å². The first-order valence-corrected chi connectivity index (χ1v) is 6.74. The number of amides is 1. The summed E-state index contributed by atoms with van der Waals surface area (Å²) in [6, 6.07) is 0. The lowest BCUT2D eigenvalue weighted by Crippen LogP contribution is -2.24. The fourth-order valence-electron chi connectivity index (χ4n) is 1.33. The van der Waals surface area contributed by atoms with Gasteiger partial charge in [-0.3, -0.25) is 4.79 Å². The highest BCUT2D eigenvalue weighted by Gasteiger charge is 2.17. The summed E-state index contributed by atoms with van der Waals surface area (Å²) >= 11 is 6.86. The SMILES string of the molecule is C=C(Cl)CNC(=O)c1sc(N(C)CCC)nc1N. The smallest absolute Gasteiger partial charge is 0.265 e. The van der Waals surface area contributed by atoms with Crippen LogP contribution in [0.5, 0.6) is 0 Å². The minimum Gasteiger partial charge on any atom is -0.382 e. The Morgan fingerprint density at radius 2 is 2.33 bits per heavy atom. The number of nitrogens with zero attached hydrogens (tertiary/aromatic N) is 2. The number of anilines is 2. The van der Waals surface area contributed by atoms with Gasteiger partial charge < -0.3 is 16.0 Å². The molecule has 3 N–H and O–H groups in total. The van der Waals surface area contributed by atoms with Crippen LogP contribution in [0.4, 0.5) is 10.9 Å². The van der Waals surface area contributed by atoms with E-state index in [0.29, 0.717) is 9.91 Å². The van der Waals surface area contributed by atoms with Crippen LogP contribution < -0.4 is 16.0 Å². The van der Waals surface area contributed by atoms with Crippen molar-refractivity contribution in [2.24, 2.45) is 0 Å². The zero-order valence-corrected chi connectivity index (χ0v) is 12.1. The van der Waals surface area contributed by atoms with Crippen LogP contribution in [0, 0.1) is 0 Å². The predicted octanol–water partition coefficient (Wildman–Crippen LogP) is 2.05. The van der Waals surface area contributed by atoms with E-state index in [4.69, 9.17) is 17.3 Å². The van der Waals surface area contributed by atoms with Crippen LogP contribution in [0.1, 0.15) is 23.0 Å². The van der Waals surface area contributed by atoms with Crippen molar-refractivity contribution in [1.82, 2.24) is 10.3 Å². The molecule has 5 nitrogen and oxygen atoms in total. The fourth-order valence-corrected chi connectivity index (χ4v) is 2.29. The van der Waals surface area contributed by atoms with Gasteiger partial charge in [-0.1, -0.05) is 36.4 Å². The molecule has 7 heteroatoms. The number of rotatable bonds is 6. The zero-order chi connectivity index (χ0) is 13.7. The molecule has 0 aromatic carbocycles. The topological polar surface area (TPSA) is 71.2 Å². The van der Waals surface area contributed by atoms with E-state index in [1.54, 1.807) is 0 Å². The van der Waals surface area contributed by atoms with Crippen LogP contribution in [0.25, 0.3) is 0 Å². The molecule has 0 aliphatic heterocycles. The van der Waals surface area contributed by atoms with E-state index in [-0.39, 0.29) is 18.3 Å². The second-order valence-corrected chi connectivity index (χ2v) is 5.34. The number of carbonyl (C=O) groups is 1. The molecule has 0 atom stereocenters. The highest BCUT2D eigenvalue weighted by molar-refractivity contribution is 7.18.